The highest BCUT2D eigenvalue weighted by molar-refractivity contribution is 5.78. The first-order valence-electron chi connectivity index (χ1n) is 9.04. The molecule has 140 valence electrons. The monoisotopic (exact) mass is 354 g/mol. The summed E-state index contributed by atoms with van der Waals surface area (Å²) < 4.78 is 5.41. The highest BCUT2D eigenvalue weighted by Crippen LogP contribution is 2.24. The Hall–Kier alpha value is -2.33. The van der Waals surface area contributed by atoms with Crippen LogP contribution in [0.4, 0.5) is 0 Å². The second-order valence-electron chi connectivity index (χ2n) is 6.96. The van der Waals surface area contributed by atoms with Crippen LogP contribution in [-0.2, 0) is 17.8 Å². The molecule has 0 unspecified atom stereocenters. The van der Waals surface area contributed by atoms with Gasteiger partial charge in [0.05, 0.1) is 13.7 Å². The molecular weight excluding hydrogens is 324 g/mol. The first kappa shape index (κ1) is 20.0. The number of likely N-dealkylation sites (N-methyl/N-ethyl adjacent to an activating group) is 1. The second kappa shape index (κ2) is 9.39. The maximum absolute atomic E-state index is 12.2. The van der Waals surface area contributed by atoms with Crippen LogP contribution >= 0.6 is 0 Å². The summed E-state index contributed by atoms with van der Waals surface area (Å²) in [5, 5.41) is 3.02. The van der Waals surface area contributed by atoms with E-state index in [1.54, 1.807) is 7.11 Å². The van der Waals surface area contributed by atoms with Crippen molar-refractivity contribution in [1.82, 2.24) is 10.2 Å². The number of carbonyl (C=O) groups excluding carboxylic acids is 1. The number of hydrogen-bond acceptors (Lipinski definition) is 3. The van der Waals surface area contributed by atoms with E-state index in [2.05, 4.69) is 36.5 Å². The molecule has 0 bridgehead atoms. The van der Waals surface area contributed by atoms with Gasteiger partial charge in [-0.15, -0.1) is 0 Å². The molecule has 0 saturated heterocycles. The van der Waals surface area contributed by atoms with Crippen LogP contribution in [0.5, 0.6) is 5.75 Å². The molecule has 2 aromatic rings. The molecule has 2 rings (SSSR count). The van der Waals surface area contributed by atoms with E-state index in [0.29, 0.717) is 13.1 Å². The van der Waals surface area contributed by atoms with E-state index in [9.17, 15) is 4.79 Å². The summed E-state index contributed by atoms with van der Waals surface area (Å²) in [6.45, 7) is 7.98. The molecule has 0 aliphatic carbocycles. The number of methoxy groups -OCH3 is 1. The van der Waals surface area contributed by atoms with Crippen molar-refractivity contribution in [2.75, 3.05) is 27.2 Å². The van der Waals surface area contributed by atoms with Crippen LogP contribution in [0.1, 0.15) is 27.8 Å². The Morgan fingerprint density at radius 3 is 2.35 bits per heavy atom. The molecule has 0 atom stereocenters. The highest BCUT2D eigenvalue weighted by atomic mass is 16.5. The molecule has 26 heavy (non-hydrogen) atoms. The van der Waals surface area contributed by atoms with Crippen molar-refractivity contribution in [3.8, 4) is 5.75 Å². The minimum atomic E-state index is 0.0584. The summed E-state index contributed by atoms with van der Waals surface area (Å²) >= 11 is 0. The zero-order chi connectivity index (χ0) is 19.1. The lowest BCUT2D eigenvalue weighted by Gasteiger charge is -2.18. The number of amides is 1. The van der Waals surface area contributed by atoms with Crippen molar-refractivity contribution in [1.29, 1.82) is 0 Å². The topological polar surface area (TPSA) is 41.6 Å². The van der Waals surface area contributed by atoms with Crippen molar-refractivity contribution in [3.05, 3.63) is 64.2 Å². The number of benzene rings is 2. The van der Waals surface area contributed by atoms with Crippen molar-refractivity contribution >= 4 is 5.91 Å². The summed E-state index contributed by atoms with van der Waals surface area (Å²) in [5.41, 5.74) is 5.99. The number of hydrogen-bond donors (Lipinski definition) is 1. The molecule has 2 aromatic carbocycles. The molecule has 0 saturated carbocycles. The zero-order valence-electron chi connectivity index (χ0n) is 16.6. The van der Waals surface area contributed by atoms with Gasteiger partial charge < -0.3 is 10.1 Å². The van der Waals surface area contributed by atoms with E-state index in [1.165, 1.54) is 16.7 Å². The average Bonchev–Trinajstić information content (AvgIpc) is 2.56. The standard InChI is InChI=1S/C22H30N2O2/c1-16-8-6-7-9-20(16)10-11-23-21(25)15-24(4)14-19-12-17(2)22(26-5)18(3)13-19/h6-9,12-13H,10-11,14-15H2,1-5H3,(H,23,25). The molecule has 0 aromatic heterocycles. The minimum Gasteiger partial charge on any atom is -0.496 e. The van der Waals surface area contributed by atoms with Crippen LogP contribution in [-0.4, -0.2) is 38.1 Å². The van der Waals surface area contributed by atoms with Crippen LogP contribution in [0.25, 0.3) is 0 Å². The van der Waals surface area contributed by atoms with E-state index < -0.39 is 0 Å². The zero-order valence-corrected chi connectivity index (χ0v) is 16.6. The SMILES string of the molecule is COc1c(C)cc(CN(C)CC(=O)NCCc2ccccc2C)cc1C. The largest absolute Gasteiger partial charge is 0.496 e. The maximum Gasteiger partial charge on any atom is 0.234 e. The molecule has 1 N–H and O–H groups in total. The molecule has 1 amide bonds. The predicted molar refractivity (Wildman–Crippen MR) is 107 cm³/mol. The van der Waals surface area contributed by atoms with Crippen LogP contribution in [0.2, 0.25) is 0 Å². The van der Waals surface area contributed by atoms with Gasteiger partial charge in [0.25, 0.3) is 0 Å². The Kier molecular flexibility index (Phi) is 7.22. The van der Waals surface area contributed by atoms with Gasteiger partial charge in [-0.05, 0) is 62.1 Å². The number of carbonyl (C=O) groups is 1. The summed E-state index contributed by atoms with van der Waals surface area (Å²) in [6.07, 6.45) is 0.860. The van der Waals surface area contributed by atoms with Gasteiger partial charge in [-0.3, -0.25) is 9.69 Å². The maximum atomic E-state index is 12.2. The van der Waals surface area contributed by atoms with Crippen molar-refractivity contribution in [2.24, 2.45) is 0 Å². The third kappa shape index (κ3) is 5.60. The first-order chi connectivity index (χ1) is 12.4. The Balaban J connectivity index is 1.81. The van der Waals surface area contributed by atoms with Gasteiger partial charge in [0, 0.05) is 13.1 Å². The lowest BCUT2D eigenvalue weighted by atomic mass is 10.1. The highest BCUT2D eigenvalue weighted by Gasteiger charge is 2.10. The molecule has 0 aliphatic rings. The summed E-state index contributed by atoms with van der Waals surface area (Å²) in [4.78, 5) is 14.2. The van der Waals surface area contributed by atoms with Gasteiger partial charge in [-0.1, -0.05) is 36.4 Å². The van der Waals surface area contributed by atoms with Crippen molar-refractivity contribution in [3.63, 3.8) is 0 Å². The second-order valence-corrected chi connectivity index (χ2v) is 6.96. The molecule has 0 spiro atoms. The van der Waals surface area contributed by atoms with Gasteiger partial charge >= 0.3 is 0 Å². The van der Waals surface area contributed by atoms with Gasteiger partial charge in [-0.2, -0.15) is 0 Å². The predicted octanol–water partition coefficient (Wildman–Crippen LogP) is 3.41. The van der Waals surface area contributed by atoms with Gasteiger partial charge in [0.15, 0.2) is 0 Å². The Morgan fingerprint density at radius 1 is 1.08 bits per heavy atom. The Labute approximate surface area is 157 Å². The quantitative estimate of drug-likeness (QED) is 0.790. The molecular formula is C22H30N2O2. The first-order valence-corrected chi connectivity index (χ1v) is 9.04. The lowest BCUT2D eigenvalue weighted by molar-refractivity contribution is -0.122. The minimum absolute atomic E-state index is 0.0584. The smallest absolute Gasteiger partial charge is 0.234 e. The van der Waals surface area contributed by atoms with E-state index in [4.69, 9.17) is 4.74 Å². The fourth-order valence-corrected chi connectivity index (χ4v) is 3.35. The molecule has 4 heteroatoms. The fraction of sp³-hybridized carbons (Fsp3) is 0.409. The van der Waals surface area contributed by atoms with Gasteiger partial charge in [0.2, 0.25) is 5.91 Å². The van der Waals surface area contributed by atoms with Gasteiger partial charge in [0.1, 0.15) is 5.75 Å². The van der Waals surface area contributed by atoms with Crippen molar-refractivity contribution in [2.45, 2.75) is 33.7 Å². The van der Waals surface area contributed by atoms with E-state index in [0.717, 1.165) is 29.8 Å². The lowest BCUT2D eigenvalue weighted by Crippen LogP contribution is -2.35. The normalized spacial score (nSPS) is 10.8. The van der Waals surface area contributed by atoms with Crippen LogP contribution < -0.4 is 10.1 Å². The molecule has 4 nitrogen and oxygen atoms in total. The third-order valence-corrected chi connectivity index (χ3v) is 4.57. The molecule has 0 heterocycles. The van der Waals surface area contributed by atoms with E-state index in [1.807, 2.05) is 37.9 Å². The van der Waals surface area contributed by atoms with Gasteiger partial charge in [-0.25, -0.2) is 0 Å². The Morgan fingerprint density at radius 2 is 1.73 bits per heavy atom. The number of ether oxygens (including phenoxy) is 1. The van der Waals surface area contributed by atoms with Crippen molar-refractivity contribution < 1.29 is 9.53 Å². The summed E-state index contributed by atoms with van der Waals surface area (Å²) in [5.74, 6) is 0.994. The molecule has 0 fully saturated rings. The van der Waals surface area contributed by atoms with Crippen LogP contribution in [0.3, 0.4) is 0 Å². The number of nitrogens with zero attached hydrogens (tertiary/aromatic N) is 1. The summed E-state index contributed by atoms with van der Waals surface area (Å²) in [6, 6.07) is 12.5. The van der Waals surface area contributed by atoms with Crippen LogP contribution in [0.15, 0.2) is 36.4 Å². The van der Waals surface area contributed by atoms with Crippen LogP contribution in [0, 0.1) is 20.8 Å². The number of nitrogens with one attached hydrogen (secondary N) is 1. The third-order valence-electron chi connectivity index (χ3n) is 4.57. The molecule has 0 radical (unpaired) electrons. The Bertz CT molecular complexity index is 733. The number of rotatable bonds is 8. The number of aryl methyl sites for hydroxylation is 3. The van der Waals surface area contributed by atoms with E-state index >= 15 is 0 Å². The average molecular weight is 354 g/mol. The summed E-state index contributed by atoms with van der Waals surface area (Å²) in [7, 11) is 3.66. The molecule has 0 aliphatic heterocycles. The fourth-order valence-electron chi connectivity index (χ4n) is 3.35. The van der Waals surface area contributed by atoms with E-state index in [-0.39, 0.29) is 5.91 Å².